The maximum atomic E-state index is 11.1. The summed E-state index contributed by atoms with van der Waals surface area (Å²) in [5, 5.41) is 15.1. The molecular formula is C35H35N3O4. The molecule has 0 amide bonds. The molecule has 1 aliphatic rings. The van der Waals surface area contributed by atoms with Gasteiger partial charge >= 0.3 is 5.97 Å². The second kappa shape index (κ2) is 12.5. The second-order valence-corrected chi connectivity index (χ2v) is 11.1. The summed E-state index contributed by atoms with van der Waals surface area (Å²) in [5.41, 5.74) is 6.08. The molecule has 2 aromatic heterocycles. The van der Waals surface area contributed by atoms with Crippen LogP contribution in [-0.2, 0) is 25.1 Å². The number of pyridine rings is 1. The van der Waals surface area contributed by atoms with E-state index in [-0.39, 0.29) is 12.3 Å². The summed E-state index contributed by atoms with van der Waals surface area (Å²) >= 11 is 0. The number of hydrogen-bond donors (Lipinski definition) is 1. The van der Waals surface area contributed by atoms with Crippen LogP contribution in [0.5, 0.6) is 11.8 Å². The Morgan fingerprint density at radius 3 is 2.19 bits per heavy atom. The van der Waals surface area contributed by atoms with E-state index in [1.54, 1.807) is 0 Å². The first-order valence-electron chi connectivity index (χ1n) is 14.6. The van der Waals surface area contributed by atoms with Gasteiger partial charge in [-0.25, -0.2) is 0 Å². The molecule has 42 heavy (non-hydrogen) atoms. The van der Waals surface area contributed by atoms with Crippen molar-refractivity contribution in [2.45, 2.75) is 51.2 Å². The molecular weight excluding hydrogens is 526 g/mol. The van der Waals surface area contributed by atoms with Crippen LogP contribution in [0.4, 0.5) is 0 Å². The average molecular weight is 562 g/mol. The molecule has 1 N–H and O–H groups in total. The molecule has 1 saturated carbocycles. The van der Waals surface area contributed by atoms with Gasteiger partial charge in [0.05, 0.1) is 11.1 Å². The van der Waals surface area contributed by atoms with Gasteiger partial charge in [0.2, 0.25) is 11.8 Å². The molecule has 3 aromatic carbocycles. The second-order valence-electron chi connectivity index (χ2n) is 11.1. The molecule has 0 radical (unpaired) electrons. The molecule has 0 atom stereocenters. The van der Waals surface area contributed by atoms with Crippen molar-refractivity contribution in [2.24, 2.45) is 13.0 Å². The van der Waals surface area contributed by atoms with Crippen molar-refractivity contribution < 1.29 is 19.4 Å². The quantitative estimate of drug-likeness (QED) is 0.190. The molecule has 214 valence electrons. The fourth-order valence-electron chi connectivity index (χ4n) is 5.93. The highest BCUT2D eigenvalue weighted by Gasteiger charge is 2.25. The molecule has 7 heteroatoms. The zero-order chi connectivity index (χ0) is 28.9. The van der Waals surface area contributed by atoms with E-state index in [9.17, 15) is 4.79 Å². The van der Waals surface area contributed by atoms with Crippen molar-refractivity contribution in [1.82, 2.24) is 14.8 Å². The van der Waals surface area contributed by atoms with Crippen LogP contribution < -0.4 is 9.47 Å². The number of carbonyl (C=O) groups is 1. The molecule has 0 aliphatic heterocycles. The van der Waals surface area contributed by atoms with Crippen molar-refractivity contribution in [3.63, 3.8) is 0 Å². The molecule has 0 saturated heterocycles. The Morgan fingerprint density at radius 2 is 1.52 bits per heavy atom. The van der Waals surface area contributed by atoms with Crippen molar-refractivity contribution >= 4 is 16.9 Å². The summed E-state index contributed by atoms with van der Waals surface area (Å²) in [6.45, 7) is 0.793. The van der Waals surface area contributed by atoms with Gasteiger partial charge in [-0.1, -0.05) is 72.8 Å². The third kappa shape index (κ3) is 6.30. The number of carboxylic acids is 1. The van der Waals surface area contributed by atoms with Crippen molar-refractivity contribution in [3.05, 3.63) is 108 Å². The van der Waals surface area contributed by atoms with Gasteiger partial charge in [-0.15, -0.1) is 0 Å². The van der Waals surface area contributed by atoms with E-state index < -0.39 is 5.97 Å². The molecule has 7 nitrogen and oxygen atoms in total. The normalized spacial score (nSPS) is 16.8. The van der Waals surface area contributed by atoms with Crippen LogP contribution in [0.1, 0.15) is 54.7 Å². The number of aliphatic carboxylic acids is 1. The van der Waals surface area contributed by atoms with Gasteiger partial charge in [0, 0.05) is 24.9 Å². The van der Waals surface area contributed by atoms with E-state index >= 15 is 0 Å². The highest BCUT2D eigenvalue weighted by Crippen LogP contribution is 2.40. The van der Waals surface area contributed by atoms with Gasteiger partial charge in [-0.05, 0) is 66.3 Å². The number of benzene rings is 3. The van der Waals surface area contributed by atoms with E-state index in [4.69, 9.17) is 24.7 Å². The lowest BCUT2D eigenvalue weighted by Crippen LogP contribution is -2.16. The Labute approximate surface area is 245 Å². The average Bonchev–Trinajstić information content (AvgIpc) is 3.35. The van der Waals surface area contributed by atoms with Gasteiger partial charge in [0.15, 0.2) is 0 Å². The van der Waals surface area contributed by atoms with Crippen LogP contribution >= 0.6 is 0 Å². The van der Waals surface area contributed by atoms with Crippen LogP contribution in [-0.4, -0.2) is 25.8 Å². The maximum absolute atomic E-state index is 11.1. The smallest absolute Gasteiger partial charge is 0.303 e. The number of carboxylic acid groups (broad SMARTS) is 1. The fraction of sp³-hybridized carbons (Fsp3) is 0.286. The molecule has 2 heterocycles. The fourth-order valence-corrected chi connectivity index (χ4v) is 5.93. The van der Waals surface area contributed by atoms with Crippen LogP contribution in [0.25, 0.3) is 22.2 Å². The van der Waals surface area contributed by atoms with Crippen LogP contribution in [0.15, 0.2) is 91.0 Å². The van der Waals surface area contributed by atoms with Gasteiger partial charge in [0.1, 0.15) is 18.9 Å². The summed E-state index contributed by atoms with van der Waals surface area (Å²) in [7, 11) is 1.97. The zero-order valence-electron chi connectivity index (χ0n) is 23.8. The summed E-state index contributed by atoms with van der Waals surface area (Å²) in [5.74, 6) is 0.995. The van der Waals surface area contributed by atoms with Gasteiger partial charge in [0.25, 0.3) is 0 Å². The maximum Gasteiger partial charge on any atom is 0.303 e. The van der Waals surface area contributed by atoms with Crippen LogP contribution in [0, 0.1) is 5.92 Å². The molecule has 0 spiro atoms. The minimum Gasteiger partial charge on any atom is -0.481 e. The van der Waals surface area contributed by atoms with E-state index in [1.807, 2.05) is 84.5 Å². The molecule has 1 fully saturated rings. The van der Waals surface area contributed by atoms with Gasteiger partial charge in [-0.3, -0.25) is 9.48 Å². The Morgan fingerprint density at radius 1 is 0.857 bits per heavy atom. The van der Waals surface area contributed by atoms with E-state index in [0.29, 0.717) is 30.9 Å². The minimum atomic E-state index is -0.695. The Bertz CT molecular complexity index is 1660. The number of rotatable bonds is 10. The minimum absolute atomic E-state index is 0.273. The van der Waals surface area contributed by atoms with E-state index in [2.05, 4.69) is 18.2 Å². The van der Waals surface area contributed by atoms with E-state index in [0.717, 1.165) is 59.0 Å². The standard InChI is InChI=1S/C35H35N3O4/c1-38-31-21-28(27-14-12-24(13-15-27)20-33(39)40)16-17-29(31)34(37-38)30-18-19-32(41-22-25-8-4-2-5-9-25)36-35(30)42-23-26-10-6-3-7-11-26/h2-11,16-19,21,24,27H,12-15,20,22-23H2,1H3,(H,39,40). The van der Waals surface area contributed by atoms with Crippen molar-refractivity contribution in [2.75, 3.05) is 0 Å². The number of fused-ring (bicyclic) bond motifs is 1. The van der Waals surface area contributed by atoms with Crippen LogP contribution in [0.2, 0.25) is 0 Å². The number of nitrogens with zero attached hydrogens (tertiary/aromatic N) is 3. The zero-order valence-corrected chi connectivity index (χ0v) is 23.8. The Kier molecular flexibility index (Phi) is 8.17. The third-order valence-corrected chi connectivity index (χ3v) is 8.19. The molecule has 0 bridgehead atoms. The third-order valence-electron chi connectivity index (χ3n) is 8.19. The molecule has 0 unspecified atom stereocenters. The largest absolute Gasteiger partial charge is 0.481 e. The first-order chi connectivity index (χ1) is 20.5. The number of ether oxygens (including phenoxy) is 2. The SMILES string of the molecule is Cn1nc(-c2ccc(OCc3ccccc3)nc2OCc2ccccc2)c2ccc(C3CCC(CC(=O)O)CC3)cc21. The summed E-state index contributed by atoms with van der Waals surface area (Å²) < 4.78 is 14.3. The first-order valence-corrected chi connectivity index (χ1v) is 14.6. The van der Waals surface area contributed by atoms with Crippen molar-refractivity contribution in [3.8, 4) is 23.0 Å². The summed E-state index contributed by atoms with van der Waals surface area (Å²) in [6, 6.07) is 30.5. The van der Waals surface area contributed by atoms with Gasteiger partial charge < -0.3 is 14.6 Å². The predicted molar refractivity (Wildman–Crippen MR) is 162 cm³/mol. The summed E-state index contributed by atoms with van der Waals surface area (Å²) in [4.78, 5) is 15.9. The highest BCUT2D eigenvalue weighted by atomic mass is 16.5. The predicted octanol–water partition coefficient (Wildman–Crippen LogP) is 7.54. The number of aryl methyl sites for hydroxylation is 1. The monoisotopic (exact) mass is 561 g/mol. The lowest BCUT2D eigenvalue weighted by atomic mass is 9.77. The van der Waals surface area contributed by atoms with Gasteiger partial charge in [-0.2, -0.15) is 10.1 Å². The molecule has 6 rings (SSSR count). The molecule has 5 aromatic rings. The lowest BCUT2D eigenvalue weighted by Gasteiger charge is -2.28. The topological polar surface area (TPSA) is 86.5 Å². The first kappa shape index (κ1) is 27.5. The number of aromatic nitrogens is 3. The Hall–Kier alpha value is -4.65. The highest BCUT2D eigenvalue weighted by molar-refractivity contribution is 5.95. The van der Waals surface area contributed by atoms with E-state index in [1.165, 1.54) is 5.56 Å². The lowest BCUT2D eigenvalue weighted by molar-refractivity contribution is -0.138. The summed E-state index contributed by atoms with van der Waals surface area (Å²) in [6.07, 6.45) is 4.21. The van der Waals surface area contributed by atoms with Crippen molar-refractivity contribution in [1.29, 1.82) is 0 Å². The molecule has 1 aliphatic carbocycles. The van der Waals surface area contributed by atoms with Crippen LogP contribution in [0.3, 0.4) is 0 Å². The number of hydrogen-bond acceptors (Lipinski definition) is 5. The Balaban J connectivity index is 1.28.